The number of benzene rings is 2. The zero-order valence-corrected chi connectivity index (χ0v) is 14.2. The summed E-state index contributed by atoms with van der Waals surface area (Å²) in [6, 6.07) is 15.9. The van der Waals surface area contributed by atoms with Crippen LogP contribution in [0.25, 0.3) is 0 Å². The normalized spacial score (nSPS) is 16.9. The molecule has 1 atom stereocenters. The van der Waals surface area contributed by atoms with Crippen molar-refractivity contribution >= 4 is 5.91 Å². The molecule has 1 aliphatic rings. The monoisotopic (exact) mass is 325 g/mol. The minimum atomic E-state index is 0.0502. The SMILES string of the molecule is COc1ccc(C2CCN(C(=O)COc3ccccc3C)C2)cc1. The second-order valence-electron chi connectivity index (χ2n) is 6.15. The van der Waals surface area contributed by atoms with Crippen molar-refractivity contribution in [2.45, 2.75) is 19.3 Å². The summed E-state index contributed by atoms with van der Waals surface area (Å²) in [5.41, 5.74) is 2.30. The Hall–Kier alpha value is -2.49. The van der Waals surface area contributed by atoms with Crippen LogP contribution in [0.3, 0.4) is 0 Å². The van der Waals surface area contributed by atoms with Gasteiger partial charge in [-0.3, -0.25) is 4.79 Å². The van der Waals surface area contributed by atoms with Crippen LogP contribution in [0, 0.1) is 6.92 Å². The van der Waals surface area contributed by atoms with Gasteiger partial charge in [-0.15, -0.1) is 0 Å². The second kappa shape index (κ2) is 7.39. The van der Waals surface area contributed by atoms with Crippen LogP contribution in [0.2, 0.25) is 0 Å². The molecule has 0 aliphatic carbocycles. The predicted molar refractivity (Wildman–Crippen MR) is 93.6 cm³/mol. The Labute approximate surface area is 143 Å². The molecule has 126 valence electrons. The second-order valence-corrected chi connectivity index (χ2v) is 6.15. The summed E-state index contributed by atoms with van der Waals surface area (Å²) >= 11 is 0. The number of likely N-dealkylation sites (tertiary alicyclic amines) is 1. The summed E-state index contributed by atoms with van der Waals surface area (Å²) in [6.07, 6.45) is 0.989. The molecule has 2 aromatic rings. The molecule has 1 unspecified atom stereocenters. The van der Waals surface area contributed by atoms with Crippen molar-refractivity contribution < 1.29 is 14.3 Å². The molecular weight excluding hydrogens is 302 g/mol. The van der Waals surface area contributed by atoms with E-state index < -0.39 is 0 Å². The van der Waals surface area contributed by atoms with E-state index in [9.17, 15) is 4.79 Å². The third-order valence-electron chi connectivity index (χ3n) is 4.57. The van der Waals surface area contributed by atoms with Gasteiger partial charge in [0.25, 0.3) is 5.91 Å². The zero-order chi connectivity index (χ0) is 16.9. The number of hydrogen-bond donors (Lipinski definition) is 0. The van der Waals surface area contributed by atoms with Gasteiger partial charge in [0, 0.05) is 19.0 Å². The summed E-state index contributed by atoms with van der Waals surface area (Å²) in [4.78, 5) is 14.3. The van der Waals surface area contributed by atoms with Crippen molar-refractivity contribution in [2.24, 2.45) is 0 Å². The van der Waals surface area contributed by atoms with Gasteiger partial charge in [0.2, 0.25) is 0 Å². The number of nitrogens with zero attached hydrogens (tertiary/aromatic N) is 1. The number of ether oxygens (including phenoxy) is 2. The molecule has 3 rings (SSSR count). The zero-order valence-electron chi connectivity index (χ0n) is 14.2. The van der Waals surface area contributed by atoms with E-state index in [1.54, 1.807) is 7.11 Å². The molecule has 2 aromatic carbocycles. The van der Waals surface area contributed by atoms with Crippen LogP contribution in [0.5, 0.6) is 11.5 Å². The van der Waals surface area contributed by atoms with E-state index in [4.69, 9.17) is 9.47 Å². The van der Waals surface area contributed by atoms with Gasteiger partial charge in [0.15, 0.2) is 6.61 Å². The smallest absolute Gasteiger partial charge is 0.260 e. The first-order valence-electron chi connectivity index (χ1n) is 8.27. The van der Waals surface area contributed by atoms with Crippen LogP contribution in [0.15, 0.2) is 48.5 Å². The maximum atomic E-state index is 12.4. The number of carbonyl (C=O) groups is 1. The summed E-state index contributed by atoms with van der Waals surface area (Å²) in [7, 11) is 1.67. The minimum Gasteiger partial charge on any atom is -0.497 e. The molecule has 0 bridgehead atoms. The first kappa shape index (κ1) is 16.4. The number of amides is 1. The van der Waals surface area contributed by atoms with Crippen LogP contribution in [0.4, 0.5) is 0 Å². The molecule has 1 fully saturated rings. The highest BCUT2D eigenvalue weighted by Crippen LogP contribution is 2.28. The lowest BCUT2D eigenvalue weighted by Gasteiger charge is -2.17. The van der Waals surface area contributed by atoms with Crippen molar-refractivity contribution in [3.63, 3.8) is 0 Å². The topological polar surface area (TPSA) is 38.8 Å². The maximum absolute atomic E-state index is 12.4. The molecular formula is C20H23NO3. The summed E-state index contributed by atoms with van der Waals surface area (Å²) in [5, 5.41) is 0. The van der Waals surface area contributed by atoms with Gasteiger partial charge in [0.05, 0.1) is 7.11 Å². The number of methoxy groups -OCH3 is 1. The summed E-state index contributed by atoms with van der Waals surface area (Å²) in [5.74, 6) is 2.07. The molecule has 1 saturated heterocycles. The van der Waals surface area contributed by atoms with Gasteiger partial charge in [-0.25, -0.2) is 0 Å². The number of para-hydroxylation sites is 1. The quantitative estimate of drug-likeness (QED) is 0.846. The highest BCUT2D eigenvalue weighted by Gasteiger charge is 2.27. The van der Waals surface area contributed by atoms with Crippen LogP contribution >= 0.6 is 0 Å². The molecule has 0 spiro atoms. The standard InChI is InChI=1S/C20H23NO3/c1-15-5-3-4-6-19(15)24-14-20(22)21-12-11-17(13-21)16-7-9-18(23-2)10-8-16/h3-10,17H,11-14H2,1-2H3. The lowest BCUT2D eigenvalue weighted by atomic mass is 9.98. The Kier molecular flexibility index (Phi) is 5.04. The van der Waals surface area contributed by atoms with Gasteiger partial charge in [-0.2, -0.15) is 0 Å². The lowest BCUT2D eigenvalue weighted by molar-refractivity contribution is -0.132. The van der Waals surface area contributed by atoms with Crippen LogP contribution in [0.1, 0.15) is 23.5 Å². The highest BCUT2D eigenvalue weighted by atomic mass is 16.5. The molecule has 0 N–H and O–H groups in total. The van der Waals surface area contributed by atoms with Crippen molar-refractivity contribution in [2.75, 3.05) is 26.8 Å². The van der Waals surface area contributed by atoms with Crippen molar-refractivity contribution in [3.05, 3.63) is 59.7 Å². The molecule has 0 radical (unpaired) electrons. The van der Waals surface area contributed by atoms with Crippen molar-refractivity contribution in [1.82, 2.24) is 4.90 Å². The van der Waals surface area contributed by atoms with Gasteiger partial charge in [-0.05, 0) is 42.7 Å². The molecule has 1 amide bonds. The van der Waals surface area contributed by atoms with Crippen molar-refractivity contribution in [1.29, 1.82) is 0 Å². The largest absolute Gasteiger partial charge is 0.497 e. The van der Waals surface area contributed by atoms with Crippen molar-refractivity contribution in [3.8, 4) is 11.5 Å². The molecule has 1 aliphatic heterocycles. The fourth-order valence-electron chi connectivity index (χ4n) is 3.08. The van der Waals surface area contributed by atoms with Gasteiger partial charge in [0.1, 0.15) is 11.5 Å². The first-order chi connectivity index (χ1) is 11.7. The van der Waals surface area contributed by atoms with Crippen LogP contribution in [-0.4, -0.2) is 37.6 Å². The molecule has 4 heteroatoms. The Morgan fingerprint density at radius 2 is 1.92 bits per heavy atom. The van der Waals surface area contributed by atoms with E-state index in [1.165, 1.54) is 5.56 Å². The summed E-state index contributed by atoms with van der Waals surface area (Å²) < 4.78 is 10.9. The van der Waals surface area contributed by atoms with E-state index in [-0.39, 0.29) is 12.5 Å². The van der Waals surface area contributed by atoms with E-state index in [0.717, 1.165) is 36.6 Å². The van der Waals surface area contributed by atoms with Crippen LogP contribution in [-0.2, 0) is 4.79 Å². The van der Waals surface area contributed by atoms with E-state index >= 15 is 0 Å². The Balaban J connectivity index is 1.54. The van der Waals surface area contributed by atoms with E-state index in [0.29, 0.717) is 5.92 Å². The number of aryl methyl sites for hydroxylation is 1. The molecule has 1 heterocycles. The Morgan fingerprint density at radius 3 is 2.62 bits per heavy atom. The average Bonchev–Trinajstić information content (AvgIpc) is 3.11. The minimum absolute atomic E-state index is 0.0502. The van der Waals surface area contributed by atoms with E-state index in [2.05, 4.69) is 12.1 Å². The Bertz CT molecular complexity index is 696. The number of carbonyl (C=O) groups excluding carboxylic acids is 1. The lowest BCUT2D eigenvalue weighted by Crippen LogP contribution is -2.32. The van der Waals surface area contributed by atoms with Crippen LogP contribution < -0.4 is 9.47 Å². The molecule has 0 saturated carbocycles. The third-order valence-corrected chi connectivity index (χ3v) is 4.57. The van der Waals surface area contributed by atoms with Gasteiger partial charge < -0.3 is 14.4 Å². The third kappa shape index (κ3) is 3.70. The molecule has 24 heavy (non-hydrogen) atoms. The fourth-order valence-corrected chi connectivity index (χ4v) is 3.08. The highest BCUT2D eigenvalue weighted by molar-refractivity contribution is 5.78. The Morgan fingerprint density at radius 1 is 1.17 bits per heavy atom. The maximum Gasteiger partial charge on any atom is 0.260 e. The number of rotatable bonds is 5. The van der Waals surface area contributed by atoms with E-state index in [1.807, 2.05) is 48.2 Å². The number of hydrogen-bond acceptors (Lipinski definition) is 3. The predicted octanol–water partition coefficient (Wildman–Crippen LogP) is 3.40. The molecule has 4 nitrogen and oxygen atoms in total. The molecule has 0 aromatic heterocycles. The first-order valence-corrected chi connectivity index (χ1v) is 8.27. The van der Waals surface area contributed by atoms with Gasteiger partial charge in [-0.1, -0.05) is 30.3 Å². The average molecular weight is 325 g/mol. The fraction of sp³-hybridized carbons (Fsp3) is 0.350. The summed E-state index contributed by atoms with van der Waals surface area (Å²) in [6.45, 7) is 3.62. The van der Waals surface area contributed by atoms with Gasteiger partial charge >= 0.3 is 0 Å².